The lowest BCUT2D eigenvalue weighted by atomic mass is 10.4. The van der Waals surface area contributed by atoms with Crippen LogP contribution in [0.1, 0.15) is 48.5 Å². The number of nitrogens with two attached hydrogens (primary N) is 1. The molecule has 43 heavy (non-hydrogen) atoms. The molecule has 0 saturated carbocycles. The zero-order valence-electron chi connectivity index (χ0n) is 25.1. The molecule has 17 nitrogen and oxygen atoms in total. The Balaban J connectivity index is 0.00000101. The predicted octanol–water partition coefficient (Wildman–Crippen LogP) is 1.54. The molecular weight excluding hydrogens is 589 g/mol. The van der Waals surface area contributed by atoms with Gasteiger partial charge in [0.05, 0.1) is 31.2 Å². The molecule has 2 rings (SSSR count). The van der Waals surface area contributed by atoms with E-state index in [0.29, 0.717) is 29.9 Å². The van der Waals surface area contributed by atoms with Crippen molar-refractivity contribution in [3.63, 3.8) is 0 Å². The Labute approximate surface area is 248 Å². The van der Waals surface area contributed by atoms with Gasteiger partial charge >= 0.3 is 23.9 Å². The minimum absolute atomic E-state index is 0.268. The maximum absolute atomic E-state index is 13.8. The molecule has 0 fully saturated rings. The summed E-state index contributed by atoms with van der Waals surface area (Å²) >= 11 is 0. The summed E-state index contributed by atoms with van der Waals surface area (Å²) in [6, 6.07) is -1.83. The molecule has 6 N–H and O–H groups in total. The molecule has 0 saturated heterocycles. The number of ether oxygens (including phenoxy) is 3. The number of carbonyl (C=O) groups is 4. The smallest absolute Gasteiger partial charge is 0.328 e. The van der Waals surface area contributed by atoms with Crippen molar-refractivity contribution in [2.24, 2.45) is 0 Å². The van der Waals surface area contributed by atoms with E-state index in [9.17, 15) is 23.7 Å². The highest BCUT2D eigenvalue weighted by molar-refractivity contribution is 7.59. The first-order valence-electron chi connectivity index (χ1n) is 13.2. The van der Waals surface area contributed by atoms with Gasteiger partial charge in [0.15, 0.2) is 11.5 Å². The highest BCUT2D eigenvalue weighted by Crippen LogP contribution is 2.38. The Morgan fingerprint density at radius 2 is 1.40 bits per heavy atom. The fraction of sp³-hybridized carbons (Fsp3) is 0.560. The van der Waals surface area contributed by atoms with E-state index in [1.807, 2.05) is 0 Å². The van der Waals surface area contributed by atoms with Crippen LogP contribution in [0.25, 0.3) is 11.2 Å². The van der Waals surface area contributed by atoms with E-state index >= 15 is 0 Å². The van der Waals surface area contributed by atoms with Gasteiger partial charge in [-0.1, -0.05) is 0 Å². The predicted molar refractivity (Wildman–Crippen MR) is 155 cm³/mol. The SMILES string of the molecule is CC(C)OC(=O)[C@H](C)NP(=O)(CO[C@H](C)Cn1cnc2c(N)ncnc21)N[C@@H](C)C(=O)OC(C)C.O=C(O)/C=C/C(=O)O. The van der Waals surface area contributed by atoms with Gasteiger partial charge in [0, 0.05) is 12.2 Å². The van der Waals surface area contributed by atoms with Crippen LogP contribution < -0.4 is 15.9 Å². The standard InChI is InChI=1S/C21H36N7O6P.C4H4O4/c1-12(2)33-20(29)15(6)26-35(31,27-16(7)21(30)34-13(3)4)11-32-14(5)8-28-10-25-17-18(22)23-9-24-19(17)28;5-3(6)1-2-4(7)8/h9-10,12-16H,8,11H2,1-7H3,(H2,22,23,24)(H2,26,27,31);1-2H,(H,5,6)(H,7,8)/b;2-1+/t14-,15+,16+;/m1./s1. The van der Waals surface area contributed by atoms with E-state index in [4.69, 9.17) is 30.2 Å². The summed E-state index contributed by atoms with van der Waals surface area (Å²) < 4.78 is 31.8. The molecule has 0 aromatic carbocycles. The van der Waals surface area contributed by atoms with Gasteiger partial charge in [-0.2, -0.15) is 0 Å². The Bertz CT molecular complexity index is 1280. The molecule has 0 aliphatic heterocycles. The van der Waals surface area contributed by atoms with E-state index in [1.54, 1.807) is 45.5 Å². The van der Waals surface area contributed by atoms with Crippen molar-refractivity contribution < 1.29 is 48.2 Å². The first kappa shape index (κ1) is 37.1. The van der Waals surface area contributed by atoms with E-state index in [0.717, 1.165) is 0 Å². The first-order chi connectivity index (χ1) is 19.9. The third kappa shape index (κ3) is 13.7. The number of aromatic nitrogens is 4. The molecule has 0 amide bonds. The number of esters is 2. The number of hydrogen-bond donors (Lipinski definition) is 5. The molecule has 0 radical (unpaired) electrons. The second kappa shape index (κ2) is 17.3. The number of aliphatic carboxylic acids is 2. The highest BCUT2D eigenvalue weighted by Gasteiger charge is 2.33. The quantitative estimate of drug-likeness (QED) is 0.106. The summed E-state index contributed by atoms with van der Waals surface area (Å²) in [5, 5.41) is 21.2. The molecule has 2 aromatic rings. The van der Waals surface area contributed by atoms with Crippen molar-refractivity contribution in [2.75, 3.05) is 12.1 Å². The molecule has 3 atom stereocenters. The molecule has 240 valence electrons. The van der Waals surface area contributed by atoms with Crippen LogP contribution >= 0.6 is 7.44 Å². The van der Waals surface area contributed by atoms with Crippen molar-refractivity contribution in [1.29, 1.82) is 0 Å². The summed E-state index contributed by atoms with van der Waals surface area (Å²) in [5.41, 5.74) is 6.85. The molecule has 0 aliphatic rings. The molecule has 0 spiro atoms. The highest BCUT2D eigenvalue weighted by atomic mass is 31.2. The van der Waals surface area contributed by atoms with E-state index in [-0.39, 0.29) is 24.4 Å². The fourth-order valence-electron chi connectivity index (χ4n) is 3.25. The van der Waals surface area contributed by atoms with E-state index < -0.39 is 49.5 Å². The molecule has 2 aromatic heterocycles. The average Bonchev–Trinajstić information content (AvgIpc) is 3.29. The summed E-state index contributed by atoms with van der Waals surface area (Å²) in [4.78, 5) is 56.0. The second-order valence-electron chi connectivity index (χ2n) is 9.86. The number of hydrogen-bond acceptors (Lipinski definition) is 12. The van der Waals surface area contributed by atoms with Crippen LogP contribution in [-0.4, -0.2) is 90.4 Å². The fourth-order valence-corrected chi connectivity index (χ4v) is 5.40. The number of rotatable bonds is 15. The normalized spacial score (nSPS) is 13.8. The lowest BCUT2D eigenvalue weighted by molar-refractivity contribution is -0.149. The minimum Gasteiger partial charge on any atom is -0.478 e. The Hall–Kier alpha value is -3.92. The van der Waals surface area contributed by atoms with Gasteiger partial charge < -0.3 is 34.7 Å². The monoisotopic (exact) mass is 629 g/mol. The number of carboxylic acids is 2. The van der Waals surface area contributed by atoms with Crippen LogP contribution in [0.15, 0.2) is 24.8 Å². The topological polar surface area (TPSA) is 247 Å². The van der Waals surface area contributed by atoms with Crippen LogP contribution in [-0.2, 0) is 44.5 Å². The van der Waals surface area contributed by atoms with Crippen LogP contribution in [0.5, 0.6) is 0 Å². The average molecular weight is 630 g/mol. The van der Waals surface area contributed by atoms with Gasteiger partial charge in [-0.3, -0.25) is 14.2 Å². The molecule has 0 unspecified atom stereocenters. The number of nitrogen functional groups attached to an aromatic ring is 1. The number of nitrogens with one attached hydrogen (secondary N) is 2. The van der Waals surface area contributed by atoms with Gasteiger partial charge in [0.1, 0.15) is 30.3 Å². The summed E-state index contributed by atoms with van der Waals surface area (Å²) in [6.45, 7) is 12.1. The Morgan fingerprint density at radius 1 is 0.907 bits per heavy atom. The minimum atomic E-state index is -3.62. The largest absolute Gasteiger partial charge is 0.478 e. The molecule has 2 heterocycles. The lowest BCUT2D eigenvalue weighted by Gasteiger charge is -2.28. The maximum atomic E-state index is 13.8. The number of fused-ring (bicyclic) bond motifs is 1. The molecule has 0 aliphatic carbocycles. The van der Waals surface area contributed by atoms with Crippen molar-refractivity contribution in [3.8, 4) is 0 Å². The molecular formula is C25H40N7O10P. The van der Waals surface area contributed by atoms with Gasteiger partial charge in [-0.05, 0) is 48.5 Å². The molecule has 18 heteroatoms. The van der Waals surface area contributed by atoms with Gasteiger partial charge in [0.25, 0.3) is 0 Å². The second-order valence-corrected chi connectivity index (χ2v) is 12.1. The van der Waals surface area contributed by atoms with Crippen molar-refractivity contribution in [3.05, 3.63) is 24.8 Å². The maximum Gasteiger partial charge on any atom is 0.328 e. The van der Waals surface area contributed by atoms with Crippen LogP contribution in [0.3, 0.4) is 0 Å². The number of nitrogens with zero attached hydrogens (tertiary/aromatic N) is 4. The summed E-state index contributed by atoms with van der Waals surface area (Å²) in [6.07, 6.45) is 2.62. The van der Waals surface area contributed by atoms with E-state index in [1.165, 1.54) is 20.2 Å². The van der Waals surface area contributed by atoms with Crippen LogP contribution in [0.2, 0.25) is 0 Å². The third-order valence-corrected chi connectivity index (χ3v) is 7.13. The Kier molecular flexibility index (Phi) is 14.9. The zero-order valence-corrected chi connectivity index (χ0v) is 26.0. The van der Waals surface area contributed by atoms with Gasteiger partial charge in [-0.15, -0.1) is 0 Å². The number of carbonyl (C=O) groups excluding carboxylic acids is 2. The lowest BCUT2D eigenvalue weighted by Crippen LogP contribution is -2.43. The third-order valence-electron chi connectivity index (χ3n) is 5.01. The Morgan fingerprint density at radius 3 is 1.84 bits per heavy atom. The number of imidazole rings is 1. The van der Waals surface area contributed by atoms with Gasteiger partial charge in [-0.25, -0.2) is 34.7 Å². The van der Waals surface area contributed by atoms with Crippen LogP contribution in [0.4, 0.5) is 5.82 Å². The van der Waals surface area contributed by atoms with E-state index in [2.05, 4.69) is 25.1 Å². The van der Waals surface area contributed by atoms with Crippen molar-refractivity contribution in [2.45, 2.75) is 85.4 Å². The summed E-state index contributed by atoms with van der Waals surface area (Å²) in [5.74, 6) is -3.39. The molecule has 0 bridgehead atoms. The van der Waals surface area contributed by atoms with Crippen molar-refractivity contribution >= 4 is 48.3 Å². The number of carboxylic acid groups (broad SMARTS) is 2. The first-order valence-corrected chi connectivity index (χ1v) is 15.1. The number of anilines is 1. The van der Waals surface area contributed by atoms with Gasteiger partial charge in [0.2, 0.25) is 7.44 Å². The summed E-state index contributed by atoms with van der Waals surface area (Å²) in [7, 11) is -3.62. The van der Waals surface area contributed by atoms with Crippen LogP contribution in [0, 0.1) is 0 Å². The van der Waals surface area contributed by atoms with Crippen molar-refractivity contribution in [1.82, 2.24) is 29.7 Å². The zero-order chi connectivity index (χ0) is 32.9.